The summed E-state index contributed by atoms with van der Waals surface area (Å²) in [6.45, 7) is 0.728. The number of urea groups is 1. The molecule has 2 heterocycles. The van der Waals surface area contributed by atoms with Crippen LogP contribution >= 0.6 is 0 Å². The van der Waals surface area contributed by atoms with Crippen LogP contribution in [0.4, 0.5) is 32.4 Å². The number of nitrogens with one attached hydrogen (secondary N) is 2. The monoisotopic (exact) mass is 414 g/mol. The minimum atomic E-state index is -4.52. The highest BCUT2D eigenvalue weighted by atomic mass is 19.4. The van der Waals surface area contributed by atoms with E-state index < -0.39 is 47.9 Å². The molecule has 2 aromatic rings. The Labute approximate surface area is 161 Å². The predicted molar refractivity (Wildman–Crippen MR) is 91.6 cm³/mol. The Hall–Kier alpha value is -3.24. The van der Waals surface area contributed by atoms with Crippen LogP contribution in [0.15, 0.2) is 30.5 Å². The summed E-state index contributed by atoms with van der Waals surface area (Å²) >= 11 is 0. The molecule has 6 nitrogen and oxygen atoms in total. The first-order chi connectivity index (χ1) is 13.6. The molecule has 0 fully saturated rings. The molecule has 0 saturated heterocycles. The second-order valence-corrected chi connectivity index (χ2v) is 6.43. The van der Waals surface area contributed by atoms with Crippen molar-refractivity contribution >= 4 is 17.6 Å². The third-order valence-electron chi connectivity index (χ3n) is 4.34. The largest absolute Gasteiger partial charge is 0.417 e. The lowest BCUT2D eigenvalue weighted by Gasteiger charge is -2.29. The van der Waals surface area contributed by atoms with Crippen LogP contribution in [-0.4, -0.2) is 28.4 Å². The van der Waals surface area contributed by atoms with Crippen LogP contribution in [0.25, 0.3) is 0 Å². The lowest BCUT2D eigenvalue weighted by Crippen LogP contribution is -2.45. The van der Waals surface area contributed by atoms with Gasteiger partial charge in [-0.05, 0) is 31.2 Å². The van der Waals surface area contributed by atoms with Gasteiger partial charge in [-0.1, -0.05) is 0 Å². The van der Waals surface area contributed by atoms with E-state index in [0.717, 1.165) is 23.1 Å². The van der Waals surface area contributed by atoms with Crippen LogP contribution in [0.3, 0.4) is 0 Å². The highest BCUT2D eigenvalue weighted by Gasteiger charge is 2.31. The summed E-state index contributed by atoms with van der Waals surface area (Å²) in [7, 11) is 0. The molecular formula is C18H15F5N4O2. The van der Waals surface area contributed by atoms with E-state index in [4.69, 9.17) is 0 Å². The number of halogens is 5. The van der Waals surface area contributed by atoms with Crippen LogP contribution in [-0.2, 0) is 17.5 Å². The van der Waals surface area contributed by atoms with Crippen molar-refractivity contribution in [2.75, 3.05) is 11.9 Å². The smallest absolute Gasteiger partial charge is 0.346 e. The van der Waals surface area contributed by atoms with Gasteiger partial charge >= 0.3 is 12.2 Å². The van der Waals surface area contributed by atoms with Gasteiger partial charge in [0.15, 0.2) is 11.6 Å². The number of benzene rings is 1. The third kappa shape index (κ3) is 4.44. The first-order valence-electron chi connectivity index (χ1n) is 8.41. The van der Waals surface area contributed by atoms with E-state index in [-0.39, 0.29) is 23.5 Å². The maximum atomic E-state index is 13.9. The van der Waals surface area contributed by atoms with E-state index >= 15 is 0 Å². The molecule has 1 aliphatic heterocycles. The average Bonchev–Trinajstić information content (AvgIpc) is 2.65. The Morgan fingerprint density at radius 2 is 2.00 bits per heavy atom. The second-order valence-electron chi connectivity index (χ2n) is 6.43. The number of anilines is 1. The molecule has 0 bridgehead atoms. The number of amides is 3. The Balaban J connectivity index is 1.64. The average molecular weight is 414 g/mol. The quantitative estimate of drug-likeness (QED) is 0.751. The SMILES string of the molecule is C[C@H](NC(=O)CN1Cc2c(ccc(F)c2F)NC1=O)c1ccc(C(F)(F)F)cn1. The summed E-state index contributed by atoms with van der Waals surface area (Å²) in [6.07, 6.45) is -3.87. The minimum Gasteiger partial charge on any atom is -0.346 e. The van der Waals surface area contributed by atoms with Crippen molar-refractivity contribution in [3.8, 4) is 0 Å². The van der Waals surface area contributed by atoms with Crippen molar-refractivity contribution < 1.29 is 31.5 Å². The van der Waals surface area contributed by atoms with Crippen molar-refractivity contribution in [1.29, 1.82) is 0 Å². The number of pyridine rings is 1. The number of hydrogen-bond acceptors (Lipinski definition) is 3. The number of aromatic nitrogens is 1. The summed E-state index contributed by atoms with van der Waals surface area (Å²) in [6, 6.07) is 2.68. The van der Waals surface area contributed by atoms with Gasteiger partial charge in [-0.2, -0.15) is 13.2 Å². The first kappa shape index (κ1) is 20.5. The van der Waals surface area contributed by atoms with Gasteiger partial charge in [-0.15, -0.1) is 0 Å². The van der Waals surface area contributed by atoms with E-state index in [1.165, 1.54) is 13.0 Å². The first-order valence-corrected chi connectivity index (χ1v) is 8.41. The van der Waals surface area contributed by atoms with Crippen LogP contribution in [0.5, 0.6) is 0 Å². The number of fused-ring (bicyclic) bond motifs is 1. The molecule has 1 aliphatic rings. The molecule has 0 saturated carbocycles. The number of alkyl halides is 3. The molecule has 29 heavy (non-hydrogen) atoms. The van der Waals surface area contributed by atoms with Gasteiger partial charge < -0.3 is 15.5 Å². The lowest BCUT2D eigenvalue weighted by molar-refractivity contribution is -0.137. The standard InChI is InChI=1S/C18H15F5N4O2/c1-9(13-4-2-10(6-24-13)18(21,22)23)25-15(28)8-27-7-11-14(26-17(27)29)5-3-12(19)16(11)20/h2-6,9H,7-8H2,1H3,(H,25,28)(H,26,29)/t9-/m0/s1. The Morgan fingerprint density at radius 3 is 2.62 bits per heavy atom. The molecule has 0 spiro atoms. The number of carbonyl (C=O) groups is 2. The molecule has 154 valence electrons. The molecule has 2 N–H and O–H groups in total. The molecule has 0 radical (unpaired) electrons. The van der Waals surface area contributed by atoms with Crippen molar-refractivity contribution in [3.05, 3.63) is 58.9 Å². The number of nitrogens with zero attached hydrogens (tertiary/aromatic N) is 2. The molecule has 1 atom stereocenters. The topological polar surface area (TPSA) is 74.3 Å². The van der Waals surface area contributed by atoms with Crippen molar-refractivity contribution in [2.24, 2.45) is 0 Å². The fourth-order valence-electron chi connectivity index (χ4n) is 2.81. The summed E-state index contributed by atoms with van der Waals surface area (Å²) in [5.74, 6) is -2.84. The number of carbonyl (C=O) groups excluding carboxylic acids is 2. The molecule has 3 rings (SSSR count). The summed E-state index contributed by atoms with van der Waals surface area (Å²) in [5.41, 5.74) is -0.701. The highest BCUT2D eigenvalue weighted by Crippen LogP contribution is 2.29. The normalized spacial score (nSPS) is 14.8. The lowest BCUT2D eigenvalue weighted by atomic mass is 10.1. The van der Waals surface area contributed by atoms with Gasteiger partial charge in [0.25, 0.3) is 0 Å². The minimum absolute atomic E-state index is 0.0881. The molecule has 11 heteroatoms. The Kier molecular flexibility index (Phi) is 5.40. The molecule has 1 aromatic carbocycles. The number of hydrogen-bond donors (Lipinski definition) is 2. The van der Waals surface area contributed by atoms with Crippen LogP contribution in [0.1, 0.15) is 29.8 Å². The van der Waals surface area contributed by atoms with Crippen molar-refractivity contribution in [2.45, 2.75) is 25.7 Å². The van der Waals surface area contributed by atoms with Gasteiger partial charge in [-0.3, -0.25) is 9.78 Å². The van der Waals surface area contributed by atoms with E-state index in [9.17, 15) is 31.5 Å². The van der Waals surface area contributed by atoms with Crippen molar-refractivity contribution in [3.63, 3.8) is 0 Å². The molecule has 3 amide bonds. The van der Waals surface area contributed by atoms with Crippen LogP contribution < -0.4 is 10.6 Å². The molecular weight excluding hydrogens is 399 g/mol. The maximum absolute atomic E-state index is 13.9. The zero-order valence-electron chi connectivity index (χ0n) is 15.0. The van der Waals surface area contributed by atoms with Gasteiger partial charge in [0.1, 0.15) is 6.54 Å². The van der Waals surface area contributed by atoms with E-state index in [0.29, 0.717) is 6.20 Å². The van der Waals surface area contributed by atoms with Crippen LogP contribution in [0.2, 0.25) is 0 Å². The van der Waals surface area contributed by atoms with Gasteiger partial charge in [-0.25, -0.2) is 13.6 Å². The van der Waals surface area contributed by atoms with Crippen LogP contribution in [0, 0.1) is 11.6 Å². The van der Waals surface area contributed by atoms with E-state index in [1.54, 1.807) is 0 Å². The maximum Gasteiger partial charge on any atom is 0.417 e. The Bertz CT molecular complexity index is 947. The van der Waals surface area contributed by atoms with E-state index in [1.807, 2.05) is 0 Å². The third-order valence-corrected chi connectivity index (χ3v) is 4.34. The highest BCUT2D eigenvalue weighted by molar-refractivity contribution is 5.94. The van der Waals surface area contributed by atoms with E-state index in [2.05, 4.69) is 15.6 Å². The summed E-state index contributed by atoms with van der Waals surface area (Å²) < 4.78 is 65.1. The van der Waals surface area contributed by atoms with Crippen molar-refractivity contribution in [1.82, 2.24) is 15.2 Å². The molecule has 0 unspecified atom stereocenters. The fourth-order valence-corrected chi connectivity index (χ4v) is 2.81. The summed E-state index contributed by atoms with van der Waals surface area (Å²) in [5, 5.41) is 4.87. The Morgan fingerprint density at radius 1 is 1.28 bits per heavy atom. The zero-order valence-corrected chi connectivity index (χ0v) is 15.0. The summed E-state index contributed by atoms with van der Waals surface area (Å²) in [4.78, 5) is 29.0. The fraction of sp³-hybridized carbons (Fsp3) is 0.278. The molecule has 1 aromatic heterocycles. The molecule has 0 aliphatic carbocycles. The predicted octanol–water partition coefficient (Wildman–Crippen LogP) is 3.60. The van der Waals surface area contributed by atoms with Gasteiger partial charge in [0.05, 0.1) is 29.5 Å². The van der Waals surface area contributed by atoms with Gasteiger partial charge in [0, 0.05) is 11.8 Å². The number of rotatable bonds is 4. The van der Waals surface area contributed by atoms with Gasteiger partial charge in [0.2, 0.25) is 5.91 Å². The zero-order chi connectivity index (χ0) is 21.3. The second kappa shape index (κ2) is 7.64.